The van der Waals surface area contributed by atoms with Crippen molar-refractivity contribution in [2.45, 2.75) is 31.6 Å². The predicted molar refractivity (Wildman–Crippen MR) is 106 cm³/mol. The van der Waals surface area contributed by atoms with Gasteiger partial charge in [-0.25, -0.2) is 12.7 Å². The van der Waals surface area contributed by atoms with Crippen LogP contribution in [0.5, 0.6) is 0 Å². The van der Waals surface area contributed by atoms with Crippen molar-refractivity contribution in [2.24, 2.45) is 0 Å². The quantitative estimate of drug-likeness (QED) is 0.701. The zero-order valence-corrected chi connectivity index (χ0v) is 16.5. The molecule has 0 saturated carbocycles. The predicted octanol–water partition coefficient (Wildman–Crippen LogP) is 3.56. The van der Waals surface area contributed by atoms with E-state index >= 15 is 0 Å². The molecule has 7 heteroatoms. The van der Waals surface area contributed by atoms with Gasteiger partial charge in [-0.15, -0.1) is 0 Å². The lowest BCUT2D eigenvalue weighted by Crippen LogP contribution is -2.28. The Balaban J connectivity index is 2.18. The van der Waals surface area contributed by atoms with Crippen LogP contribution in [0.4, 0.5) is 5.69 Å². The number of amides is 1. The van der Waals surface area contributed by atoms with Gasteiger partial charge in [0.15, 0.2) is 5.78 Å². The van der Waals surface area contributed by atoms with E-state index in [0.29, 0.717) is 17.8 Å². The number of hydrogen-bond donors (Lipinski definition) is 1. The monoisotopic (exact) mass is 388 g/mol. The first-order valence-corrected chi connectivity index (χ1v) is 10.2. The van der Waals surface area contributed by atoms with Crippen molar-refractivity contribution in [1.29, 1.82) is 0 Å². The molecule has 0 unspecified atom stereocenters. The van der Waals surface area contributed by atoms with Gasteiger partial charge in [0.05, 0.1) is 4.90 Å². The summed E-state index contributed by atoms with van der Waals surface area (Å²) in [6, 6.07) is 12.5. The Hall–Kier alpha value is -2.51. The molecule has 2 rings (SSSR count). The maximum atomic E-state index is 12.6. The highest BCUT2D eigenvalue weighted by Gasteiger charge is 2.21. The highest BCUT2D eigenvalue weighted by atomic mass is 32.2. The second-order valence-corrected chi connectivity index (χ2v) is 8.34. The van der Waals surface area contributed by atoms with E-state index in [-0.39, 0.29) is 16.2 Å². The van der Waals surface area contributed by atoms with Crippen molar-refractivity contribution >= 4 is 27.4 Å². The summed E-state index contributed by atoms with van der Waals surface area (Å²) in [7, 11) is -2.10. The van der Waals surface area contributed by atoms with Gasteiger partial charge in [-0.1, -0.05) is 19.4 Å². The molecule has 0 heterocycles. The molecule has 2 aromatic rings. The number of ketones is 1. The van der Waals surface area contributed by atoms with E-state index in [9.17, 15) is 18.0 Å². The van der Waals surface area contributed by atoms with E-state index in [4.69, 9.17) is 0 Å². The largest absolute Gasteiger partial charge is 0.322 e. The lowest BCUT2D eigenvalue weighted by molar-refractivity contribution is 0.101. The third-order valence-electron chi connectivity index (χ3n) is 4.18. The SMILES string of the molecule is CCCCN(C)S(=O)(=O)c1cccc(C(=O)Nc2ccc(C(C)=O)cc2)c1. The molecule has 1 amide bonds. The number of nitrogens with zero attached hydrogens (tertiary/aromatic N) is 1. The van der Waals surface area contributed by atoms with Gasteiger partial charge >= 0.3 is 0 Å². The number of hydrogen-bond acceptors (Lipinski definition) is 4. The standard InChI is InChI=1S/C20H24N2O4S/c1-4-5-13-22(3)27(25,26)19-8-6-7-17(14-19)20(24)21-18-11-9-16(10-12-18)15(2)23/h6-12,14H,4-5,13H2,1-3H3,(H,21,24). The second-order valence-electron chi connectivity index (χ2n) is 6.30. The average Bonchev–Trinajstić information content (AvgIpc) is 2.66. The van der Waals surface area contributed by atoms with E-state index < -0.39 is 15.9 Å². The Bertz CT molecular complexity index is 921. The molecular weight excluding hydrogens is 364 g/mol. The van der Waals surface area contributed by atoms with Crippen LogP contribution in [0.1, 0.15) is 47.4 Å². The maximum absolute atomic E-state index is 12.6. The van der Waals surface area contributed by atoms with Crippen LogP contribution in [0.25, 0.3) is 0 Å². The van der Waals surface area contributed by atoms with E-state index in [1.54, 1.807) is 36.4 Å². The fourth-order valence-electron chi connectivity index (χ4n) is 2.47. The lowest BCUT2D eigenvalue weighted by atomic mass is 10.1. The maximum Gasteiger partial charge on any atom is 0.255 e. The highest BCUT2D eigenvalue weighted by molar-refractivity contribution is 7.89. The van der Waals surface area contributed by atoms with Gasteiger partial charge in [0.1, 0.15) is 0 Å². The number of Topliss-reactive ketones (excluding diaryl/α,β-unsaturated/α-hetero) is 1. The van der Waals surface area contributed by atoms with Crippen LogP contribution in [-0.4, -0.2) is 38.0 Å². The topological polar surface area (TPSA) is 83.6 Å². The molecule has 0 atom stereocenters. The van der Waals surface area contributed by atoms with E-state index in [2.05, 4.69) is 5.32 Å². The zero-order valence-electron chi connectivity index (χ0n) is 15.7. The number of rotatable bonds is 8. The van der Waals surface area contributed by atoms with Gasteiger partial charge in [-0.2, -0.15) is 0 Å². The number of nitrogens with one attached hydrogen (secondary N) is 1. The first-order valence-electron chi connectivity index (χ1n) is 8.74. The van der Waals surface area contributed by atoms with Crippen molar-refractivity contribution in [2.75, 3.05) is 18.9 Å². The van der Waals surface area contributed by atoms with Gasteiger partial charge in [0.25, 0.3) is 5.91 Å². The molecule has 0 radical (unpaired) electrons. The Morgan fingerprint density at radius 3 is 2.30 bits per heavy atom. The fraction of sp³-hybridized carbons (Fsp3) is 0.300. The van der Waals surface area contributed by atoms with Crippen LogP contribution in [0, 0.1) is 0 Å². The summed E-state index contributed by atoms with van der Waals surface area (Å²) in [4.78, 5) is 23.9. The summed E-state index contributed by atoms with van der Waals surface area (Å²) < 4.78 is 26.6. The first kappa shape index (κ1) is 20.8. The Morgan fingerprint density at radius 1 is 1.04 bits per heavy atom. The van der Waals surface area contributed by atoms with Crippen molar-refractivity contribution in [1.82, 2.24) is 4.31 Å². The molecule has 0 aliphatic carbocycles. The van der Waals surface area contributed by atoms with Crippen molar-refractivity contribution < 1.29 is 18.0 Å². The third-order valence-corrected chi connectivity index (χ3v) is 6.03. The van der Waals surface area contributed by atoms with Crippen LogP contribution in [0.3, 0.4) is 0 Å². The molecule has 0 saturated heterocycles. The van der Waals surface area contributed by atoms with Crippen molar-refractivity contribution in [3.8, 4) is 0 Å². The molecule has 1 N–H and O–H groups in total. The van der Waals surface area contributed by atoms with Crippen molar-refractivity contribution in [3.05, 3.63) is 59.7 Å². The summed E-state index contributed by atoms with van der Waals surface area (Å²) in [5.41, 5.74) is 1.32. The van der Waals surface area contributed by atoms with Crippen LogP contribution in [0.2, 0.25) is 0 Å². The minimum absolute atomic E-state index is 0.0574. The van der Waals surface area contributed by atoms with Gasteiger partial charge in [-0.05, 0) is 55.8 Å². The molecule has 0 spiro atoms. The van der Waals surface area contributed by atoms with Crippen molar-refractivity contribution in [3.63, 3.8) is 0 Å². The average molecular weight is 388 g/mol. The number of unbranched alkanes of at least 4 members (excludes halogenated alkanes) is 1. The summed E-state index contributed by atoms with van der Waals surface area (Å²) in [5, 5.41) is 2.71. The van der Waals surface area contributed by atoms with E-state index in [1.807, 2.05) is 6.92 Å². The normalized spacial score (nSPS) is 11.4. The van der Waals surface area contributed by atoms with Crippen LogP contribution >= 0.6 is 0 Å². The Morgan fingerprint density at radius 2 is 1.70 bits per heavy atom. The molecular formula is C20H24N2O4S. The molecule has 0 fully saturated rings. The van der Waals surface area contributed by atoms with E-state index in [0.717, 1.165) is 12.8 Å². The Labute approximate surface area is 160 Å². The molecule has 0 bridgehead atoms. The third kappa shape index (κ3) is 5.24. The van der Waals surface area contributed by atoms with Gasteiger partial charge in [0, 0.05) is 30.4 Å². The van der Waals surface area contributed by atoms with Crippen LogP contribution in [0.15, 0.2) is 53.4 Å². The smallest absolute Gasteiger partial charge is 0.255 e. The lowest BCUT2D eigenvalue weighted by Gasteiger charge is -2.17. The summed E-state index contributed by atoms with van der Waals surface area (Å²) in [6.45, 7) is 3.89. The minimum Gasteiger partial charge on any atom is -0.322 e. The fourth-order valence-corrected chi connectivity index (χ4v) is 3.73. The molecule has 0 aliphatic heterocycles. The molecule has 6 nitrogen and oxygen atoms in total. The number of benzene rings is 2. The molecule has 27 heavy (non-hydrogen) atoms. The molecule has 0 aromatic heterocycles. The van der Waals surface area contributed by atoms with E-state index in [1.165, 1.54) is 30.4 Å². The number of sulfonamides is 1. The molecule has 2 aromatic carbocycles. The zero-order chi connectivity index (χ0) is 20.0. The minimum atomic E-state index is -3.64. The van der Waals surface area contributed by atoms with Gasteiger partial charge < -0.3 is 5.32 Å². The molecule has 0 aliphatic rings. The number of anilines is 1. The Kier molecular flexibility index (Phi) is 6.87. The first-order chi connectivity index (χ1) is 12.8. The summed E-state index contributed by atoms with van der Waals surface area (Å²) >= 11 is 0. The van der Waals surface area contributed by atoms with Gasteiger partial charge in [-0.3, -0.25) is 9.59 Å². The number of carbonyl (C=O) groups excluding carboxylic acids is 2. The van der Waals surface area contributed by atoms with Gasteiger partial charge in [0.2, 0.25) is 10.0 Å². The second kappa shape index (κ2) is 8.92. The number of carbonyl (C=O) groups is 2. The highest BCUT2D eigenvalue weighted by Crippen LogP contribution is 2.18. The summed E-state index contributed by atoms with van der Waals surface area (Å²) in [5.74, 6) is -0.475. The van der Waals surface area contributed by atoms with Crippen LogP contribution in [-0.2, 0) is 10.0 Å². The molecule has 144 valence electrons. The van der Waals surface area contributed by atoms with Crippen LogP contribution < -0.4 is 5.32 Å². The summed E-state index contributed by atoms with van der Waals surface area (Å²) in [6.07, 6.45) is 1.66.